The van der Waals surface area contributed by atoms with Crippen molar-refractivity contribution >= 4 is 29.4 Å². The fourth-order valence-electron chi connectivity index (χ4n) is 5.07. The van der Waals surface area contributed by atoms with Crippen LogP contribution in [0.15, 0.2) is 36.4 Å². The van der Waals surface area contributed by atoms with Gasteiger partial charge in [0.1, 0.15) is 41.6 Å². The summed E-state index contributed by atoms with van der Waals surface area (Å²) in [6, 6.07) is 8.22. The minimum Gasteiger partial charge on any atom is -0.508 e. The second-order valence-electron chi connectivity index (χ2n) is 9.89. The predicted octanol–water partition coefficient (Wildman–Crippen LogP) is 1.19. The zero-order chi connectivity index (χ0) is 26.9. The number of phenolic OH excluding ortho intramolecular Hbond substituents is 1. The number of imide groups is 1. The molecule has 0 aliphatic carbocycles. The smallest absolute Gasteiger partial charge is 0.322 e. The number of phenols is 1. The van der Waals surface area contributed by atoms with Crippen LogP contribution in [-0.4, -0.2) is 83.5 Å². The van der Waals surface area contributed by atoms with Crippen LogP contribution < -0.4 is 25.4 Å². The Morgan fingerprint density at radius 3 is 2.76 bits per heavy atom. The summed E-state index contributed by atoms with van der Waals surface area (Å²) in [4.78, 5) is 37.8. The number of nitrogens with zero attached hydrogens (tertiary/aromatic N) is 1. The van der Waals surface area contributed by atoms with E-state index in [2.05, 4.69) is 20.9 Å². The van der Waals surface area contributed by atoms with E-state index in [1.54, 1.807) is 0 Å². The van der Waals surface area contributed by atoms with E-state index < -0.39 is 30.0 Å². The van der Waals surface area contributed by atoms with E-state index in [0.29, 0.717) is 11.6 Å². The summed E-state index contributed by atoms with van der Waals surface area (Å²) in [6.45, 7) is 1.68. The van der Waals surface area contributed by atoms with Crippen LogP contribution in [0.5, 0.6) is 17.2 Å². The van der Waals surface area contributed by atoms with Gasteiger partial charge < -0.3 is 35.2 Å². The van der Waals surface area contributed by atoms with Gasteiger partial charge in [0.15, 0.2) is 0 Å². The van der Waals surface area contributed by atoms with Gasteiger partial charge in [0.2, 0.25) is 0 Å². The Balaban J connectivity index is 1.11. The van der Waals surface area contributed by atoms with Crippen molar-refractivity contribution in [1.29, 1.82) is 0 Å². The van der Waals surface area contributed by atoms with Crippen LogP contribution in [0.1, 0.15) is 28.8 Å². The first-order valence-corrected chi connectivity index (χ1v) is 12.8. The number of fused-ring (bicyclic) bond motifs is 1. The molecule has 2 aromatic carbocycles. The number of ether oxygens (including phenoxy) is 2. The first kappa shape index (κ1) is 26.1. The molecule has 5 rings (SSSR count). The number of aliphatic hydroxyl groups is 1. The molecule has 0 saturated carbocycles. The molecule has 0 unspecified atom stereocenters. The number of hydrogen-bond acceptors (Lipinski definition) is 8. The molecule has 2 aromatic rings. The topological polar surface area (TPSA) is 149 Å². The highest BCUT2D eigenvalue weighted by Gasteiger charge is 2.42. The molecule has 38 heavy (non-hydrogen) atoms. The highest BCUT2D eigenvalue weighted by atomic mass is 35.5. The Bertz CT molecular complexity index is 1250. The number of likely N-dealkylation sites (tertiary alicyclic amines) is 1. The molecule has 5 N–H and O–H groups in total. The van der Waals surface area contributed by atoms with Crippen molar-refractivity contribution in [2.45, 2.75) is 37.0 Å². The summed E-state index contributed by atoms with van der Waals surface area (Å²) >= 11 is 6.13. The average molecular weight is 545 g/mol. The summed E-state index contributed by atoms with van der Waals surface area (Å²) in [5.74, 6) is -0.205. The largest absolute Gasteiger partial charge is 0.508 e. The van der Waals surface area contributed by atoms with E-state index in [1.807, 2.05) is 18.2 Å². The number of nitrogens with one attached hydrogen (secondary N) is 3. The molecule has 3 heterocycles. The SMILES string of the molecule is O=C1NC(=O)[C@@H](CNC(=O)c2ccc(O)cc2OC[C@@H](O)CN2CCC3(CC2)Cc2cc(Cl)ccc2O3)N1. The lowest BCUT2D eigenvalue weighted by Crippen LogP contribution is -2.49. The third-order valence-electron chi connectivity index (χ3n) is 7.06. The second kappa shape index (κ2) is 10.7. The van der Waals surface area contributed by atoms with Gasteiger partial charge >= 0.3 is 6.03 Å². The van der Waals surface area contributed by atoms with Crippen LogP contribution in [0.25, 0.3) is 0 Å². The molecule has 1 spiro atoms. The van der Waals surface area contributed by atoms with E-state index in [0.717, 1.165) is 43.7 Å². The number of urea groups is 1. The molecule has 3 aliphatic heterocycles. The monoisotopic (exact) mass is 544 g/mol. The van der Waals surface area contributed by atoms with Gasteiger partial charge in [0.05, 0.1) is 5.56 Å². The quantitative estimate of drug-likeness (QED) is 0.311. The Labute approximate surface area is 224 Å². The number of aromatic hydroxyl groups is 1. The number of amides is 4. The van der Waals surface area contributed by atoms with Crippen LogP contribution in [0, 0.1) is 0 Å². The van der Waals surface area contributed by atoms with Crippen molar-refractivity contribution in [3.05, 3.63) is 52.5 Å². The predicted molar refractivity (Wildman–Crippen MR) is 137 cm³/mol. The van der Waals surface area contributed by atoms with Crippen molar-refractivity contribution in [3.63, 3.8) is 0 Å². The second-order valence-corrected chi connectivity index (χ2v) is 10.3. The number of piperidine rings is 1. The maximum atomic E-state index is 12.7. The third kappa shape index (κ3) is 5.79. The van der Waals surface area contributed by atoms with E-state index in [1.165, 1.54) is 18.2 Å². The lowest BCUT2D eigenvalue weighted by atomic mass is 9.87. The standard InChI is InChI=1S/C26H29ClN4O7/c27-16-1-4-21-15(9-16)11-26(38-21)5-7-31(8-6-26)13-18(33)14-37-22-10-17(32)2-3-19(22)23(34)28-12-20-24(35)30-25(36)29-20/h1-4,9-10,18,20,32-33H,5-8,11-14H2,(H,28,34)(H2,29,30,35,36)/t18-,20+/m0/s1. The van der Waals surface area contributed by atoms with Crippen LogP contribution >= 0.6 is 11.6 Å². The van der Waals surface area contributed by atoms with Crippen molar-refractivity contribution in [2.24, 2.45) is 0 Å². The molecule has 12 heteroatoms. The Kier molecular flexibility index (Phi) is 7.33. The molecule has 2 atom stereocenters. The molecule has 2 saturated heterocycles. The lowest BCUT2D eigenvalue weighted by Gasteiger charge is -2.39. The van der Waals surface area contributed by atoms with E-state index in [4.69, 9.17) is 21.1 Å². The number of β-amino-alcohol motifs (C(OH)–C–C–N with tert-alkyl or cyclic N) is 1. The molecule has 3 aliphatic rings. The Morgan fingerprint density at radius 1 is 1.24 bits per heavy atom. The van der Waals surface area contributed by atoms with Crippen LogP contribution in [0.3, 0.4) is 0 Å². The molecule has 2 fully saturated rings. The number of aliphatic hydroxyl groups excluding tert-OH is 1. The van der Waals surface area contributed by atoms with Crippen molar-refractivity contribution in [2.75, 3.05) is 32.8 Å². The van der Waals surface area contributed by atoms with Gasteiger partial charge in [-0.25, -0.2) is 4.79 Å². The van der Waals surface area contributed by atoms with Crippen molar-refractivity contribution < 1.29 is 34.1 Å². The van der Waals surface area contributed by atoms with Crippen molar-refractivity contribution in [3.8, 4) is 17.2 Å². The summed E-state index contributed by atoms with van der Waals surface area (Å²) in [6.07, 6.45) is 1.63. The number of halogens is 1. The first-order chi connectivity index (χ1) is 18.2. The fourth-order valence-corrected chi connectivity index (χ4v) is 5.27. The van der Waals surface area contributed by atoms with E-state index >= 15 is 0 Å². The van der Waals surface area contributed by atoms with Gasteiger partial charge in [-0.05, 0) is 35.9 Å². The normalized spacial score (nSPS) is 20.8. The summed E-state index contributed by atoms with van der Waals surface area (Å²) in [5.41, 5.74) is 1.01. The molecular weight excluding hydrogens is 516 g/mol. The number of hydrogen-bond donors (Lipinski definition) is 5. The maximum absolute atomic E-state index is 12.7. The fraction of sp³-hybridized carbons (Fsp3) is 0.423. The van der Waals surface area contributed by atoms with Gasteiger partial charge in [-0.1, -0.05) is 11.6 Å². The van der Waals surface area contributed by atoms with Gasteiger partial charge in [-0.2, -0.15) is 0 Å². The highest BCUT2D eigenvalue weighted by molar-refractivity contribution is 6.30. The molecule has 0 aromatic heterocycles. The van der Waals surface area contributed by atoms with Crippen LogP contribution in [0.4, 0.5) is 4.79 Å². The zero-order valence-electron chi connectivity index (χ0n) is 20.5. The molecule has 202 valence electrons. The average Bonchev–Trinajstić information content (AvgIpc) is 3.40. The number of carbonyl (C=O) groups is 3. The molecule has 0 bridgehead atoms. The maximum Gasteiger partial charge on any atom is 0.322 e. The Morgan fingerprint density at radius 2 is 2.03 bits per heavy atom. The lowest BCUT2D eigenvalue weighted by molar-refractivity contribution is -0.120. The summed E-state index contributed by atoms with van der Waals surface area (Å²) in [5, 5.41) is 28.3. The highest BCUT2D eigenvalue weighted by Crippen LogP contribution is 2.42. The summed E-state index contributed by atoms with van der Waals surface area (Å²) < 4.78 is 12.0. The van der Waals surface area contributed by atoms with Gasteiger partial charge in [0.25, 0.3) is 11.8 Å². The van der Waals surface area contributed by atoms with Gasteiger partial charge in [0, 0.05) is 56.5 Å². The number of rotatable bonds is 8. The van der Waals surface area contributed by atoms with Crippen LogP contribution in [0.2, 0.25) is 5.02 Å². The minimum absolute atomic E-state index is 0.0904. The minimum atomic E-state index is -0.875. The number of benzene rings is 2. The number of carbonyl (C=O) groups excluding carboxylic acids is 3. The summed E-state index contributed by atoms with van der Waals surface area (Å²) in [7, 11) is 0. The van der Waals surface area contributed by atoms with E-state index in [9.17, 15) is 24.6 Å². The first-order valence-electron chi connectivity index (χ1n) is 12.4. The molecular formula is C26H29ClN4O7. The van der Waals surface area contributed by atoms with E-state index in [-0.39, 0.29) is 35.8 Å². The molecule has 4 amide bonds. The third-order valence-corrected chi connectivity index (χ3v) is 7.30. The van der Waals surface area contributed by atoms with Gasteiger partial charge in [-0.15, -0.1) is 0 Å². The van der Waals surface area contributed by atoms with Crippen molar-refractivity contribution in [1.82, 2.24) is 20.9 Å². The molecule has 0 radical (unpaired) electrons. The van der Waals surface area contributed by atoms with Gasteiger partial charge in [-0.3, -0.25) is 14.9 Å². The molecule has 11 nitrogen and oxygen atoms in total. The zero-order valence-corrected chi connectivity index (χ0v) is 21.3. The van der Waals surface area contributed by atoms with Crippen LogP contribution in [-0.2, 0) is 11.2 Å². The Hall–Kier alpha value is -3.54.